The van der Waals surface area contributed by atoms with Crippen LogP contribution in [0, 0.1) is 0 Å². The molecule has 20 heavy (non-hydrogen) atoms. The Bertz CT molecular complexity index is 364. The third-order valence-electron chi connectivity index (χ3n) is 1.41. The van der Waals surface area contributed by atoms with Crippen LogP contribution in [-0.2, 0) is 24.5 Å². The molecule has 0 aromatic rings. The largest absolute Gasteiger partial charge is 0.466 e. The summed E-state index contributed by atoms with van der Waals surface area (Å²) in [6.45, 7) is 4.17. The highest BCUT2D eigenvalue weighted by Gasteiger charge is 2.03. The molecule has 2 N–H and O–H groups in total. The van der Waals surface area contributed by atoms with Crippen molar-refractivity contribution in [3.05, 3.63) is 12.2 Å². The monoisotopic (exact) mass is 314 g/mol. The first-order valence-corrected chi connectivity index (χ1v) is 7.36. The van der Waals surface area contributed by atoms with Crippen molar-refractivity contribution in [2.45, 2.75) is 13.8 Å². The quantitative estimate of drug-likeness (QED) is 0.420. The van der Waals surface area contributed by atoms with Crippen LogP contribution in [0.2, 0.25) is 0 Å². The van der Waals surface area contributed by atoms with Crippen LogP contribution < -0.4 is 10.6 Å². The van der Waals surface area contributed by atoms with Gasteiger partial charge in [0.25, 0.3) is 0 Å². The van der Waals surface area contributed by atoms with E-state index in [1.165, 1.54) is 14.2 Å². The van der Waals surface area contributed by atoms with Gasteiger partial charge in [-0.2, -0.15) is 8.42 Å². The molecule has 0 aromatic heterocycles. The average Bonchev–Trinajstić information content (AvgIpc) is 2.44. The lowest BCUT2D eigenvalue weighted by molar-refractivity contribution is -0.135. The van der Waals surface area contributed by atoms with E-state index in [0.29, 0.717) is 0 Å². The molecular formula is C11H23FN2O5S. The van der Waals surface area contributed by atoms with Gasteiger partial charge in [-0.25, -0.2) is 4.79 Å². The molecule has 1 amide bonds. The first kappa shape index (κ1) is 23.6. The summed E-state index contributed by atoms with van der Waals surface area (Å²) in [5.41, 5.74) is 0. The zero-order chi connectivity index (χ0) is 16.6. The molecule has 0 aliphatic carbocycles. The Kier molecular flexibility index (Phi) is 18.4. The Morgan fingerprint density at radius 1 is 1.20 bits per heavy atom. The van der Waals surface area contributed by atoms with Crippen molar-refractivity contribution in [1.82, 2.24) is 10.6 Å². The Morgan fingerprint density at radius 3 is 1.95 bits per heavy atom. The van der Waals surface area contributed by atoms with Gasteiger partial charge in [-0.05, 0) is 7.05 Å². The fourth-order valence-corrected chi connectivity index (χ4v) is 0.967. The molecule has 0 rings (SSSR count). The normalized spacial score (nSPS) is 9.70. The molecule has 9 heteroatoms. The Balaban J connectivity index is -0.000000262. The Labute approximate surface area is 119 Å². The maximum atomic E-state index is 11.5. The van der Waals surface area contributed by atoms with E-state index in [0.717, 1.165) is 12.2 Å². The number of hydrogen-bond acceptors (Lipinski definition) is 6. The van der Waals surface area contributed by atoms with Crippen molar-refractivity contribution in [2.75, 3.05) is 33.5 Å². The first-order valence-electron chi connectivity index (χ1n) is 5.81. The lowest BCUT2D eigenvalue weighted by Gasteiger charge is -1.90. The second kappa shape index (κ2) is 15.6. The Hall–Kier alpha value is -1.48. The van der Waals surface area contributed by atoms with Crippen molar-refractivity contribution in [2.24, 2.45) is 0 Å². The molecule has 0 saturated carbocycles. The summed E-state index contributed by atoms with van der Waals surface area (Å²) in [5.74, 6) is -1.31. The third-order valence-corrected chi connectivity index (χ3v) is 2.11. The van der Waals surface area contributed by atoms with Gasteiger partial charge in [-0.15, -0.1) is 3.89 Å². The van der Waals surface area contributed by atoms with E-state index in [9.17, 15) is 21.9 Å². The van der Waals surface area contributed by atoms with Gasteiger partial charge in [0.2, 0.25) is 5.91 Å². The summed E-state index contributed by atoms with van der Waals surface area (Å²) in [6.07, 6.45) is 2.16. The van der Waals surface area contributed by atoms with Gasteiger partial charge >= 0.3 is 16.2 Å². The summed E-state index contributed by atoms with van der Waals surface area (Å²) in [5, 5.41) is 4.82. The van der Waals surface area contributed by atoms with Gasteiger partial charge in [-0.3, -0.25) is 4.79 Å². The minimum Gasteiger partial charge on any atom is -0.466 e. The summed E-state index contributed by atoms with van der Waals surface area (Å²) in [4.78, 5) is 20.8. The molecule has 0 saturated heterocycles. The molecule has 0 radical (unpaired) electrons. The van der Waals surface area contributed by atoms with E-state index < -0.39 is 21.9 Å². The molecular weight excluding hydrogens is 291 g/mol. The number of rotatable bonds is 5. The van der Waals surface area contributed by atoms with Crippen LogP contribution in [0.3, 0.4) is 0 Å². The van der Waals surface area contributed by atoms with Crippen LogP contribution in [0.15, 0.2) is 12.2 Å². The molecule has 7 nitrogen and oxygen atoms in total. The van der Waals surface area contributed by atoms with Crippen LogP contribution in [0.5, 0.6) is 0 Å². The second-order valence-corrected chi connectivity index (χ2v) is 4.30. The molecule has 0 heterocycles. The topological polar surface area (TPSA) is 102 Å². The summed E-state index contributed by atoms with van der Waals surface area (Å²) in [6, 6.07) is 0. The fraction of sp³-hybridized carbons (Fsp3) is 0.636. The number of carbonyl (C=O) groups is 2. The summed E-state index contributed by atoms with van der Waals surface area (Å²) in [7, 11) is 0.0346. The van der Waals surface area contributed by atoms with Crippen molar-refractivity contribution in [1.29, 1.82) is 0 Å². The standard InChI is InChI=1S/C6H9NO3.C3H8FNO2S.C2H6/c1-7-5(8)3-4-6(9)10-2;1-5-2-3-8(4,6)7;1-2/h3-4H,1-2H3,(H,7,8);5H,2-3H2,1H3;1-2H3/b4-3+;;. The van der Waals surface area contributed by atoms with E-state index in [2.05, 4.69) is 15.4 Å². The van der Waals surface area contributed by atoms with Gasteiger partial charge in [0.1, 0.15) is 0 Å². The highest BCUT2D eigenvalue weighted by atomic mass is 32.3. The number of likely N-dealkylation sites (N-methyl/N-ethyl adjacent to an activating group) is 1. The fourth-order valence-electron chi connectivity index (χ4n) is 0.519. The first-order chi connectivity index (χ1) is 9.26. The number of nitrogens with one attached hydrogen (secondary N) is 2. The van der Waals surface area contributed by atoms with E-state index in [1.807, 2.05) is 13.8 Å². The molecule has 0 spiro atoms. The molecule has 0 bridgehead atoms. The third kappa shape index (κ3) is 25.4. The number of hydrogen-bond donors (Lipinski definition) is 2. The number of methoxy groups -OCH3 is 1. The lowest BCUT2D eigenvalue weighted by atomic mass is 10.5. The molecule has 0 unspecified atom stereocenters. The summed E-state index contributed by atoms with van der Waals surface area (Å²) >= 11 is 0. The van der Waals surface area contributed by atoms with Crippen molar-refractivity contribution in [3.8, 4) is 0 Å². The van der Waals surface area contributed by atoms with E-state index in [4.69, 9.17) is 0 Å². The van der Waals surface area contributed by atoms with Crippen LogP contribution in [-0.4, -0.2) is 53.8 Å². The molecule has 0 aliphatic heterocycles. The maximum Gasteiger partial charge on any atom is 0.330 e. The SMILES string of the molecule is CC.CNC(=O)/C=C/C(=O)OC.CNCCS(=O)(=O)F. The minimum absolute atomic E-state index is 0.166. The number of esters is 1. The molecule has 0 aliphatic rings. The molecule has 0 fully saturated rings. The van der Waals surface area contributed by atoms with Gasteiger partial charge in [0.05, 0.1) is 12.9 Å². The molecule has 120 valence electrons. The predicted molar refractivity (Wildman–Crippen MR) is 75.4 cm³/mol. The lowest BCUT2D eigenvalue weighted by Crippen LogP contribution is -2.16. The number of amides is 1. The van der Waals surface area contributed by atoms with E-state index >= 15 is 0 Å². The van der Waals surface area contributed by atoms with Crippen LogP contribution in [0.4, 0.5) is 3.89 Å². The van der Waals surface area contributed by atoms with Crippen molar-refractivity contribution < 1.29 is 26.6 Å². The second-order valence-electron chi connectivity index (χ2n) is 2.82. The van der Waals surface area contributed by atoms with Crippen molar-refractivity contribution >= 4 is 22.1 Å². The maximum absolute atomic E-state index is 11.5. The van der Waals surface area contributed by atoms with Crippen LogP contribution in [0.1, 0.15) is 13.8 Å². The van der Waals surface area contributed by atoms with Gasteiger partial charge in [0, 0.05) is 25.7 Å². The number of carbonyl (C=O) groups excluding carboxylic acids is 2. The number of halogens is 1. The summed E-state index contributed by atoms with van der Waals surface area (Å²) < 4.78 is 35.1. The van der Waals surface area contributed by atoms with Crippen LogP contribution >= 0.6 is 0 Å². The molecule has 0 atom stereocenters. The van der Waals surface area contributed by atoms with Crippen LogP contribution in [0.25, 0.3) is 0 Å². The predicted octanol–water partition coefficient (Wildman–Crippen LogP) is -0.00710. The minimum atomic E-state index is -4.25. The highest BCUT2D eigenvalue weighted by molar-refractivity contribution is 7.86. The average molecular weight is 314 g/mol. The van der Waals surface area contributed by atoms with Gasteiger partial charge in [0.15, 0.2) is 0 Å². The smallest absolute Gasteiger partial charge is 0.330 e. The van der Waals surface area contributed by atoms with E-state index in [-0.39, 0.29) is 12.5 Å². The zero-order valence-electron chi connectivity index (χ0n) is 12.4. The highest BCUT2D eigenvalue weighted by Crippen LogP contribution is 1.86. The molecule has 0 aromatic carbocycles. The zero-order valence-corrected chi connectivity index (χ0v) is 13.2. The van der Waals surface area contributed by atoms with E-state index in [1.54, 1.807) is 7.05 Å². The van der Waals surface area contributed by atoms with Gasteiger partial charge in [-0.1, -0.05) is 13.8 Å². The Morgan fingerprint density at radius 2 is 1.70 bits per heavy atom. The van der Waals surface area contributed by atoms with Gasteiger partial charge < -0.3 is 15.4 Å². The number of ether oxygens (including phenoxy) is 1. The van der Waals surface area contributed by atoms with Crippen molar-refractivity contribution in [3.63, 3.8) is 0 Å².